The van der Waals surface area contributed by atoms with E-state index in [1.807, 2.05) is 31.3 Å². The number of piperidine rings is 1. The normalized spacial score (nSPS) is 14.6. The van der Waals surface area contributed by atoms with Crippen LogP contribution in [0, 0.1) is 0 Å². The predicted octanol–water partition coefficient (Wildman–Crippen LogP) is 4.01. The average Bonchev–Trinajstić information content (AvgIpc) is 2.77. The Balaban J connectivity index is 0.00000341. The minimum absolute atomic E-state index is 0. The van der Waals surface area contributed by atoms with Crippen molar-refractivity contribution in [2.75, 3.05) is 38.6 Å². The van der Waals surface area contributed by atoms with Crippen molar-refractivity contribution in [2.45, 2.75) is 45.8 Å². The Bertz CT molecular complexity index is 800. The molecule has 31 heavy (non-hydrogen) atoms. The molecule has 2 aromatic rings. The number of hydrogen-bond donors (Lipinski definition) is 2. The van der Waals surface area contributed by atoms with E-state index < -0.39 is 0 Å². The van der Waals surface area contributed by atoms with Gasteiger partial charge >= 0.3 is 0 Å². The Morgan fingerprint density at radius 1 is 1.00 bits per heavy atom. The van der Waals surface area contributed by atoms with Gasteiger partial charge in [-0.1, -0.05) is 30.7 Å². The van der Waals surface area contributed by atoms with E-state index in [1.54, 1.807) is 0 Å². The lowest BCUT2D eigenvalue weighted by molar-refractivity contribution is 0.221. The molecule has 6 nitrogen and oxygen atoms in total. The van der Waals surface area contributed by atoms with Crippen molar-refractivity contribution >= 4 is 35.8 Å². The highest BCUT2D eigenvalue weighted by molar-refractivity contribution is 14.0. The zero-order chi connectivity index (χ0) is 21.2. The van der Waals surface area contributed by atoms with Crippen LogP contribution in [0.15, 0.2) is 47.6 Å². The van der Waals surface area contributed by atoms with Crippen LogP contribution in [0.25, 0.3) is 0 Å². The minimum Gasteiger partial charge on any atom is -0.363 e. The maximum Gasteiger partial charge on any atom is 0.191 e. The second kappa shape index (κ2) is 13.5. The molecule has 0 spiro atoms. The summed E-state index contributed by atoms with van der Waals surface area (Å²) in [7, 11) is 4.00. The first-order chi connectivity index (χ1) is 14.6. The van der Waals surface area contributed by atoms with Gasteiger partial charge in [-0.25, -0.2) is 9.98 Å². The lowest BCUT2D eigenvalue weighted by Crippen LogP contribution is -2.36. The summed E-state index contributed by atoms with van der Waals surface area (Å²) in [5.41, 5.74) is 3.81. The van der Waals surface area contributed by atoms with Crippen LogP contribution in [0.1, 0.15) is 42.9 Å². The number of nitrogens with zero attached hydrogens (tertiary/aromatic N) is 4. The molecule has 1 fully saturated rings. The Kier molecular flexibility index (Phi) is 11.1. The Morgan fingerprint density at radius 2 is 1.71 bits per heavy atom. The van der Waals surface area contributed by atoms with E-state index in [2.05, 4.69) is 57.8 Å². The van der Waals surface area contributed by atoms with Crippen LogP contribution in [0.4, 0.5) is 5.82 Å². The molecule has 0 amide bonds. The number of halogens is 1. The van der Waals surface area contributed by atoms with Crippen LogP contribution >= 0.6 is 24.0 Å². The first-order valence-corrected chi connectivity index (χ1v) is 11.1. The smallest absolute Gasteiger partial charge is 0.191 e. The molecule has 0 bridgehead atoms. The zero-order valence-corrected chi connectivity index (χ0v) is 21.4. The highest BCUT2D eigenvalue weighted by Crippen LogP contribution is 2.14. The predicted molar refractivity (Wildman–Crippen MR) is 141 cm³/mol. The summed E-state index contributed by atoms with van der Waals surface area (Å²) in [5, 5.41) is 6.78. The molecule has 0 unspecified atom stereocenters. The number of rotatable bonds is 8. The van der Waals surface area contributed by atoms with Gasteiger partial charge < -0.3 is 15.5 Å². The van der Waals surface area contributed by atoms with Gasteiger partial charge in [0.1, 0.15) is 5.82 Å². The van der Waals surface area contributed by atoms with Gasteiger partial charge in [0.05, 0.1) is 6.54 Å². The first kappa shape index (κ1) is 25.4. The third-order valence-corrected chi connectivity index (χ3v) is 5.37. The molecular formula is C24H37IN6. The Labute approximate surface area is 204 Å². The van der Waals surface area contributed by atoms with Gasteiger partial charge in [0.2, 0.25) is 0 Å². The third kappa shape index (κ3) is 8.65. The van der Waals surface area contributed by atoms with Crippen LogP contribution in [0.2, 0.25) is 0 Å². The largest absolute Gasteiger partial charge is 0.363 e. The summed E-state index contributed by atoms with van der Waals surface area (Å²) in [5.74, 6) is 1.78. The Hall–Kier alpha value is -1.87. The van der Waals surface area contributed by atoms with Gasteiger partial charge in [-0.05, 0) is 61.7 Å². The summed E-state index contributed by atoms with van der Waals surface area (Å²) in [4.78, 5) is 13.7. The molecule has 0 atom stereocenters. The fourth-order valence-electron chi connectivity index (χ4n) is 3.64. The molecule has 7 heteroatoms. The van der Waals surface area contributed by atoms with Gasteiger partial charge in [0.15, 0.2) is 5.96 Å². The molecule has 0 radical (unpaired) electrons. The molecular weight excluding hydrogens is 499 g/mol. The molecule has 170 valence electrons. The summed E-state index contributed by atoms with van der Waals surface area (Å²) < 4.78 is 0. The highest BCUT2D eigenvalue weighted by Gasteiger charge is 2.10. The van der Waals surface area contributed by atoms with E-state index in [9.17, 15) is 0 Å². The molecule has 2 heterocycles. The van der Waals surface area contributed by atoms with E-state index in [1.165, 1.54) is 43.5 Å². The zero-order valence-electron chi connectivity index (χ0n) is 19.1. The fraction of sp³-hybridized carbons (Fsp3) is 0.500. The topological polar surface area (TPSA) is 55.8 Å². The van der Waals surface area contributed by atoms with Crippen LogP contribution in [0.5, 0.6) is 0 Å². The van der Waals surface area contributed by atoms with E-state index in [4.69, 9.17) is 4.99 Å². The average molecular weight is 537 g/mol. The maximum atomic E-state index is 4.74. The lowest BCUT2D eigenvalue weighted by atomic mass is 10.1. The van der Waals surface area contributed by atoms with E-state index >= 15 is 0 Å². The van der Waals surface area contributed by atoms with Crippen molar-refractivity contribution in [3.63, 3.8) is 0 Å². The number of guanidine groups is 1. The van der Waals surface area contributed by atoms with Gasteiger partial charge in [0.25, 0.3) is 0 Å². The molecule has 1 aromatic heterocycles. The molecule has 1 aliphatic heterocycles. The number of aliphatic imine (C=N–C) groups is 1. The number of likely N-dealkylation sites (tertiary alicyclic amines) is 1. The fourth-order valence-corrected chi connectivity index (χ4v) is 3.64. The summed E-state index contributed by atoms with van der Waals surface area (Å²) in [6, 6.07) is 13.1. The van der Waals surface area contributed by atoms with E-state index in [0.717, 1.165) is 37.0 Å². The first-order valence-electron chi connectivity index (χ1n) is 11.1. The number of aromatic nitrogens is 1. The van der Waals surface area contributed by atoms with Gasteiger partial charge in [-0.2, -0.15) is 0 Å². The molecule has 2 N–H and O–H groups in total. The molecule has 1 aromatic carbocycles. The molecule has 1 aliphatic rings. The number of benzene rings is 1. The van der Waals surface area contributed by atoms with E-state index in [0.29, 0.717) is 6.54 Å². The number of pyridine rings is 1. The van der Waals surface area contributed by atoms with Crippen LogP contribution in [-0.2, 0) is 19.6 Å². The SMILES string of the molecule is CCNC(=NCc1ccnc(N(C)C)c1)NCc1ccc(CN2CCCCC2)cc1.I. The van der Waals surface area contributed by atoms with Crippen molar-refractivity contribution in [3.8, 4) is 0 Å². The van der Waals surface area contributed by atoms with Gasteiger partial charge in [-0.3, -0.25) is 4.90 Å². The van der Waals surface area contributed by atoms with Crippen molar-refractivity contribution < 1.29 is 0 Å². The quantitative estimate of drug-likeness (QED) is 0.304. The van der Waals surface area contributed by atoms with Crippen LogP contribution < -0.4 is 15.5 Å². The van der Waals surface area contributed by atoms with E-state index in [-0.39, 0.29) is 24.0 Å². The van der Waals surface area contributed by atoms with Crippen LogP contribution in [0.3, 0.4) is 0 Å². The number of nitrogens with one attached hydrogen (secondary N) is 2. The standard InChI is InChI=1S/C24H36N6.HI/c1-4-25-24(28-18-22-12-13-26-23(16-22)29(2)3)27-17-20-8-10-21(11-9-20)19-30-14-6-5-7-15-30;/h8-13,16H,4-7,14-15,17-19H2,1-3H3,(H2,25,27,28);1H. The Morgan fingerprint density at radius 3 is 2.39 bits per heavy atom. The summed E-state index contributed by atoms with van der Waals surface area (Å²) in [6.07, 6.45) is 5.90. The van der Waals surface area contributed by atoms with Crippen molar-refractivity contribution in [1.29, 1.82) is 0 Å². The molecule has 1 saturated heterocycles. The van der Waals surface area contributed by atoms with Crippen molar-refractivity contribution in [2.24, 2.45) is 4.99 Å². The third-order valence-electron chi connectivity index (χ3n) is 5.37. The summed E-state index contributed by atoms with van der Waals surface area (Å²) >= 11 is 0. The van der Waals surface area contributed by atoms with Gasteiger partial charge in [-0.15, -0.1) is 24.0 Å². The lowest BCUT2D eigenvalue weighted by Gasteiger charge is -2.26. The second-order valence-corrected chi connectivity index (χ2v) is 8.12. The highest BCUT2D eigenvalue weighted by atomic mass is 127. The summed E-state index contributed by atoms with van der Waals surface area (Å²) in [6.45, 7) is 7.84. The number of anilines is 1. The monoisotopic (exact) mass is 536 g/mol. The van der Waals surface area contributed by atoms with Crippen molar-refractivity contribution in [3.05, 3.63) is 59.3 Å². The number of hydrogen-bond acceptors (Lipinski definition) is 4. The molecule has 0 saturated carbocycles. The van der Waals surface area contributed by atoms with Crippen molar-refractivity contribution in [1.82, 2.24) is 20.5 Å². The molecule has 0 aliphatic carbocycles. The minimum atomic E-state index is 0. The van der Waals surface area contributed by atoms with Gasteiger partial charge in [0, 0.05) is 39.9 Å². The second-order valence-electron chi connectivity index (χ2n) is 8.12. The maximum absolute atomic E-state index is 4.74. The van der Waals surface area contributed by atoms with Crippen LogP contribution in [-0.4, -0.2) is 49.6 Å². The molecule has 3 rings (SSSR count).